The number of rotatable bonds is 12. The third kappa shape index (κ3) is 21.7. The van der Waals surface area contributed by atoms with Crippen LogP contribution in [0.25, 0.3) is 111 Å². The SMILES string of the molecule is Cc1cc(C)c(C)c(-c2cc(CC(C)(C)C)c3ccccc3[n+]2C)c1.Cc1cc(C)c(C)c(-c2ccc3ccc(CC(C)C)cc3[n+]2C)c1.Cc1ccc(C)c(-c2cc(CC(C)(C)C)c3ccccc3[n+]2C)c1.Cc1ccc(C)c(-c2ccc3ccc(CC(C)C)cc3[n+]2C)c1.Cc1ccccc1-c1cc(CC(C)(C)C)c2ccccc2[n+]1C. The minimum Gasteiger partial charge on any atom is -0.194 e. The van der Waals surface area contributed by atoms with E-state index in [1.54, 1.807) is 0 Å². The lowest BCUT2D eigenvalue weighted by molar-refractivity contribution is -0.633. The maximum Gasteiger partial charge on any atom is 0.213 e. The number of fused-ring (bicyclic) bond motifs is 5. The Kier molecular flexibility index (Phi) is 27.9. The molecular formula is C114H138N5+5. The Labute approximate surface area is 716 Å². The highest BCUT2D eigenvalue weighted by Gasteiger charge is 2.28. The van der Waals surface area contributed by atoms with Crippen molar-refractivity contribution < 1.29 is 22.8 Å². The molecule has 0 fully saturated rings. The van der Waals surface area contributed by atoms with E-state index in [0.29, 0.717) is 11.8 Å². The molecule has 0 aliphatic carbocycles. The molecule has 5 heterocycles. The van der Waals surface area contributed by atoms with Crippen LogP contribution in [0.4, 0.5) is 0 Å². The molecule has 0 radical (unpaired) electrons. The van der Waals surface area contributed by atoms with Gasteiger partial charge in [0.25, 0.3) is 0 Å². The highest BCUT2D eigenvalue weighted by Crippen LogP contribution is 2.37. The van der Waals surface area contributed by atoms with Gasteiger partial charge >= 0.3 is 0 Å². The molecule has 0 amide bonds. The van der Waals surface area contributed by atoms with Crippen molar-refractivity contribution in [3.8, 4) is 56.3 Å². The molecule has 0 atom stereocenters. The summed E-state index contributed by atoms with van der Waals surface area (Å²) in [6.45, 7) is 54.1. The summed E-state index contributed by atoms with van der Waals surface area (Å²) in [6, 6.07) is 87.4. The average Bonchev–Trinajstić information content (AvgIpc) is 0.770. The molecule has 5 heteroatoms. The summed E-state index contributed by atoms with van der Waals surface area (Å²) in [5, 5.41) is 6.70. The summed E-state index contributed by atoms with van der Waals surface area (Å²) in [4.78, 5) is 0. The Bertz CT molecular complexity index is 6220. The first kappa shape index (κ1) is 89.0. The number of hydrogen-bond acceptors (Lipinski definition) is 0. The molecule has 15 aromatic rings. The largest absolute Gasteiger partial charge is 0.213 e. The van der Waals surface area contributed by atoms with E-state index >= 15 is 0 Å². The standard InChI is InChI=1S/C24H30N.2C23H28N.2C22H26N/c1-16-12-17(2)18(3)21(13-16)23-14-19(15-24(4,5)6)20-10-8-9-11-22(20)25(23)7;1-15(2)11-19-7-8-20-9-10-22(24(6)23(20)14-19)21-13-16(3)12-17(4)18(21)5;1-16-11-12-17(2)20(13-16)22-14-18(15-23(3,4)5)19-9-7-8-10-21(19)24(22)6;1-15(2)12-18-8-9-19-10-11-21(23(5)22(19)14-18)20-13-16(3)6-7-17(20)4;1-16-10-6-7-11-18(16)21-14-17(15-22(2,3)4)19-12-8-9-13-20(19)23(21)5/h8-14H,15H2,1-7H3;7-10,12-15H,11H2,1-6H3;7-14H,15H2,1-6H3;6-11,13-15H,12H2,1-5H3;6-14H,15H2,1-5H3/q5*+1. The van der Waals surface area contributed by atoms with Gasteiger partial charge in [0.2, 0.25) is 56.1 Å². The van der Waals surface area contributed by atoms with Crippen molar-refractivity contribution in [1.82, 2.24) is 0 Å². The van der Waals surface area contributed by atoms with E-state index in [1.807, 2.05) is 0 Å². The number of hydrogen-bond donors (Lipinski definition) is 0. The zero-order chi connectivity index (χ0) is 86.4. The van der Waals surface area contributed by atoms with Crippen molar-refractivity contribution in [2.45, 2.75) is 198 Å². The number of para-hydroxylation sites is 3. The Morgan fingerprint density at radius 1 is 0.244 bits per heavy atom. The third-order valence-corrected chi connectivity index (χ3v) is 23.7. The number of pyridine rings is 5. The van der Waals surface area contributed by atoms with E-state index in [4.69, 9.17) is 0 Å². The van der Waals surface area contributed by atoms with Gasteiger partial charge in [0.15, 0.2) is 0 Å². The Morgan fingerprint density at radius 3 is 0.908 bits per heavy atom. The summed E-state index contributed by atoms with van der Waals surface area (Å²) in [6.07, 6.45) is 5.48. The normalized spacial score (nSPS) is 11.7. The highest BCUT2D eigenvalue weighted by molar-refractivity contribution is 5.86. The second-order valence-electron chi connectivity index (χ2n) is 39.1. The highest BCUT2D eigenvalue weighted by atomic mass is 15.0. The number of aryl methyl sites for hydroxylation is 14. The summed E-state index contributed by atoms with van der Waals surface area (Å²) in [5.41, 5.74) is 42.3. The fourth-order valence-corrected chi connectivity index (χ4v) is 17.5. The van der Waals surface area contributed by atoms with Crippen LogP contribution in [0.2, 0.25) is 0 Å². The zero-order valence-electron chi connectivity index (χ0n) is 77.9. The first-order valence-electron chi connectivity index (χ1n) is 43.6. The third-order valence-electron chi connectivity index (χ3n) is 23.7. The second kappa shape index (κ2) is 37.3. The van der Waals surface area contributed by atoms with E-state index in [0.717, 1.165) is 32.1 Å². The molecule has 5 nitrogen and oxygen atoms in total. The van der Waals surface area contributed by atoms with Crippen molar-refractivity contribution in [1.29, 1.82) is 0 Å². The van der Waals surface area contributed by atoms with Crippen LogP contribution in [0.15, 0.2) is 237 Å². The van der Waals surface area contributed by atoms with E-state index in [9.17, 15) is 0 Å². The van der Waals surface area contributed by atoms with Gasteiger partial charge in [-0.25, -0.2) is 0 Å². The van der Waals surface area contributed by atoms with E-state index in [-0.39, 0.29) is 16.2 Å². The zero-order valence-corrected chi connectivity index (χ0v) is 77.9. The monoisotopic (exact) mass is 1580 g/mol. The molecule has 10 aromatic carbocycles. The smallest absolute Gasteiger partial charge is 0.194 e. The van der Waals surface area contributed by atoms with Crippen molar-refractivity contribution >= 4 is 54.5 Å². The van der Waals surface area contributed by atoms with Crippen LogP contribution >= 0.6 is 0 Å². The first-order chi connectivity index (χ1) is 56.1. The Hall–Kier alpha value is -10.8. The molecule has 0 bridgehead atoms. The molecule has 0 spiro atoms. The van der Waals surface area contributed by atoms with Crippen LogP contribution in [0, 0.1) is 104 Å². The lowest BCUT2D eigenvalue weighted by atomic mass is 9.85. The Balaban J connectivity index is 0.000000146. The fraction of sp³-hybridized carbons (Fsp3) is 0.342. The van der Waals surface area contributed by atoms with Gasteiger partial charge in [0.05, 0.1) is 0 Å². The summed E-state index contributed by atoms with van der Waals surface area (Å²) in [5.74, 6) is 1.36. The molecule has 119 heavy (non-hydrogen) atoms. The fourth-order valence-electron chi connectivity index (χ4n) is 17.5. The number of aromatic nitrogens is 5. The molecule has 5 aromatic heterocycles. The van der Waals surface area contributed by atoms with Gasteiger partial charge in [-0.2, -0.15) is 22.8 Å². The molecule has 0 saturated carbocycles. The van der Waals surface area contributed by atoms with Crippen LogP contribution < -0.4 is 22.8 Å². The van der Waals surface area contributed by atoms with Gasteiger partial charge in [-0.1, -0.05) is 215 Å². The van der Waals surface area contributed by atoms with Gasteiger partial charge in [-0.05, 0) is 276 Å². The minimum atomic E-state index is 0.261. The summed E-state index contributed by atoms with van der Waals surface area (Å²) < 4.78 is 11.7. The van der Waals surface area contributed by atoms with E-state index in [2.05, 4.69) is 461 Å². The van der Waals surface area contributed by atoms with Crippen molar-refractivity contribution in [3.63, 3.8) is 0 Å². The lowest BCUT2D eigenvalue weighted by Gasteiger charge is -2.20. The van der Waals surface area contributed by atoms with E-state index in [1.165, 1.54) is 200 Å². The van der Waals surface area contributed by atoms with Crippen molar-refractivity contribution in [2.75, 3.05) is 0 Å². The van der Waals surface area contributed by atoms with Gasteiger partial charge in [-0.15, -0.1) is 0 Å². The summed E-state index contributed by atoms with van der Waals surface area (Å²) in [7, 11) is 10.9. The van der Waals surface area contributed by atoms with Crippen LogP contribution in [0.3, 0.4) is 0 Å². The lowest BCUT2D eigenvalue weighted by Crippen LogP contribution is -2.33. The molecule has 0 unspecified atom stereocenters. The van der Waals surface area contributed by atoms with Crippen LogP contribution in [0.5, 0.6) is 0 Å². The van der Waals surface area contributed by atoms with Crippen molar-refractivity contribution in [3.05, 3.63) is 326 Å². The van der Waals surface area contributed by atoms with Crippen LogP contribution in [0.1, 0.15) is 179 Å². The first-order valence-corrected chi connectivity index (χ1v) is 43.6. The van der Waals surface area contributed by atoms with Gasteiger partial charge in [0.1, 0.15) is 35.2 Å². The van der Waals surface area contributed by atoms with Gasteiger partial charge < -0.3 is 0 Å². The number of benzene rings is 10. The van der Waals surface area contributed by atoms with Crippen LogP contribution in [-0.2, 0) is 67.3 Å². The average molecular weight is 1580 g/mol. The molecule has 614 valence electrons. The van der Waals surface area contributed by atoms with Gasteiger partial charge in [-0.3, -0.25) is 0 Å². The minimum absolute atomic E-state index is 0.261. The predicted molar refractivity (Wildman–Crippen MR) is 511 cm³/mol. The van der Waals surface area contributed by atoms with E-state index < -0.39 is 0 Å². The van der Waals surface area contributed by atoms with Gasteiger partial charge in [0, 0.05) is 115 Å². The quantitative estimate of drug-likeness (QED) is 0.109. The predicted octanol–water partition coefficient (Wildman–Crippen LogP) is 27.2. The molecule has 0 aliphatic rings. The number of nitrogens with zero attached hydrogens (tertiary/aromatic N) is 5. The Morgan fingerprint density at radius 2 is 0.538 bits per heavy atom. The molecule has 0 saturated heterocycles. The topological polar surface area (TPSA) is 19.4 Å². The molecule has 0 aliphatic heterocycles. The summed E-state index contributed by atoms with van der Waals surface area (Å²) >= 11 is 0. The maximum absolute atomic E-state index is 2.41. The second-order valence-corrected chi connectivity index (χ2v) is 39.1. The molecule has 15 rings (SSSR count). The molecular weight excluding hydrogens is 1440 g/mol. The van der Waals surface area contributed by atoms with Crippen LogP contribution in [-0.4, -0.2) is 0 Å². The molecule has 0 N–H and O–H groups in total. The maximum atomic E-state index is 2.41. The van der Waals surface area contributed by atoms with Crippen molar-refractivity contribution in [2.24, 2.45) is 63.3 Å².